The van der Waals surface area contributed by atoms with Crippen molar-refractivity contribution >= 4 is 5.69 Å². The lowest BCUT2D eigenvalue weighted by Gasteiger charge is -2.15. The standard InChI is InChI=1S/C15H14FNO/c1-18-15-5-3-2-4-12(15)14-8-10-6-7-11(16)9-13(10)17-14/h2-7,9,14,17H,8H2,1H3. The van der Waals surface area contributed by atoms with Gasteiger partial charge in [0, 0.05) is 11.3 Å². The van der Waals surface area contributed by atoms with Crippen molar-refractivity contribution in [1.82, 2.24) is 0 Å². The second-order valence-electron chi connectivity index (χ2n) is 4.44. The van der Waals surface area contributed by atoms with Gasteiger partial charge in [0.15, 0.2) is 0 Å². The Morgan fingerprint density at radius 1 is 1.22 bits per heavy atom. The predicted octanol–water partition coefficient (Wildman–Crippen LogP) is 3.54. The molecule has 2 aromatic rings. The van der Waals surface area contributed by atoms with Gasteiger partial charge in [0.2, 0.25) is 0 Å². The highest BCUT2D eigenvalue weighted by Crippen LogP contribution is 2.37. The van der Waals surface area contributed by atoms with Gasteiger partial charge in [0.25, 0.3) is 0 Å². The van der Waals surface area contributed by atoms with Crippen LogP contribution in [0.25, 0.3) is 0 Å². The van der Waals surface area contributed by atoms with Crippen molar-refractivity contribution in [3.8, 4) is 5.75 Å². The van der Waals surface area contributed by atoms with Crippen LogP contribution >= 0.6 is 0 Å². The van der Waals surface area contributed by atoms with Crippen molar-refractivity contribution < 1.29 is 9.13 Å². The van der Waals surface area contributed by atoms with Gasteiger partial charge in [-0.25, -0.2) is 4.39 Å². The SMILES string of the molecule is COc1ccccc1C1Cc2ccc(F)cc2N1. The number of ether oxygens (including phenoxy) is 1. The average molecular weight is 243 g/mol. The first-order valence-electron chi connectivity index (χ1n) is 5.96. The number of anilines is 1. The summed E-state index contributed by atoms with van der Waals surface area (Å²) in [5, 5.41) is 3.35. The largest absolute Gasteiger partial charge is 0.496 e. The van der Waals surface area contributed by atoms with Gasteiger partial charge in [-0.15, -0.1) is 0 Å². The van der Waals surface area contributed by atoms with Crippen LogP contribution in [0.4, 0.5) is 10.1 Å². The first-order chi connectivity index (χ1) is 8.78. The molecular formula is C15H14FNO. The van der Waals surface area contributed by atoms with Crippen LogP contribution in [0.5, 0.6) is 5.75 Å². The first-order valence-corrected chi connectivity index (χ1v) is 5.96. The lowest BCUT2D eigenvalue weighted by atomic mass is 10.0. The van der Waals surface area contributed by atoms with E-state index in [2.05, 4.69) is 5.32 Å². The Morgan fingerprint density at radius 2 is 2.06 bits per heavy atom. The van der Waals surface area contributed by atoms with Gasteiger partial charge < -0.3 is 10.1 Å². The fraction of sp³-hybridized carbons (Fsp3) is 0.200. The van der Waals surface area contributed by atoms with E-state index in [1.54, 1.807) is 13.2 Å². The van der Waals surface area contributed by atoms with E-state index in [1.165, 1.54) is 6.07 Å². The van der Waals surface area contributed by atoms with Gasteiger partial charge in [-0.2, -0.15) is 0 Å². The summed E-state index contributed by atoms with van der Waals surface area (Å²) in [5.41, 5.74) is 3.13. The molecule has 1 atom stereocenters. The van der Waals surface area contributed by atoms with E-state index in [-0.39, 0.29) is 11.9 Å². The number of para-hydroxylation sites is 1. The summed E-state index contributed by atoms with van der Waals surface area (Å²) >= 11 is 0. The molecule has 0 saturated carbocycles. The van der Waals surface area contributed by atoms with Crippen LogP contribution in [-0.2, 0) is 6.42 Å². The Hall–Kier alpha value is -2.03. The summed E-state index contributed by atoms with van der Waals surface area (Å²) in [5.74, 6) is 0.658. The van der Waals surface area contributed by atoms with Crippen molar-refractivity contribution in [3.05, 3.63) is 59.4 Å². The smallest absolute Gasteiger partial charge is 0.125 e. The van der Waals surface area contributed by atoms with Crippen molar-refractivity contribution in [3.63, 3.8) is 0 Å². The van der Waals surface area contributed by atoms with Crippen LogP contribution in [0.15, 0.2) is 42.5 Å². The van der Waals surface area contributed by atoms with Crippen molar-refractivity contribution in [1.29, 1.82) is 0 Å². The topological polar surface area (TPSA) is 21.3 Å². The number of fused-ring (bicyclic) bond motifs is 1. The molecule has 1 aliphatic heterocycles. The summed E-state index contributed by atoms with van der Waals surface area (Å²) < 4.78 is 18.5. The maximum Gasteiger partial charge on any atom is 0.125 e. The lowest BCUT2D eigenvalue weighted by molar-refractivity contribution is 0.407. The molecule has 2 aromatic carbocycles. The highest BCUT2D eigenvalue weighted by atomic mass is 19.1. The minimum atomic E-state index is -0.207. The van der Waals surface area contributed by atoms with Gasteiger partial charge in [-0.05, 0) is 30.2 Å². The number of hydrogen-bond acceptors (Lipinski definition) is 2. The molecule has 1 unspecified atom stereocenters. The summed E-state index contributed by atoms with van der Waals surface area (Å²) in [4.78, 5) is 0. The minimum absolute atomic E-state index is 0.151. The first kappa shape index (κ1) is 11.1. The molecule has 0 radical (unpaired) electrons. The molecule has 18 heavy (non-hydrogen) atoms. The number of hydrogen-bond donors (Lipinski definition) is 1. The molecule has 0 amide bonds. The maximum absolute atomic E-state index is 13.2. The van der Waals surface area contributed by atoms with Crippen molar-refractivity contribution in [2.45, 2.75) is 12.5 Å². The fourth-order valence-electron chi connectivity index (χ4n) is 2.46. The molecule has 0 saturated heterocycles. The van der Waals surface area contributed by atoms with E-state index in [4.69, 9.17) is 4.74 Å². The zero-order chi connectivity index (χ0) is 12.5. The van der Waals surface area contributed by atoms with E-state index in [0.717, 1.165) is 29.0 Å². The highest BCUT2D eigenvalue weighted by Gasteiger charge is 2.24. The molecule has 0 aromatic heterocycles. The zero-order valence-corrected chi connectivity index (χ0v) is 10.1. The minimum Gasteiger partial charge on any atom is -0.496 e. The Bertz CT molecular complexity index is 582. The quantitative estimate of drug-likeness (QED) is 0.871. The average Bonchev–Trinajstić information content (AvgIpc) is 2.81. The van der Waals surface area contributed by atoms with Gasteiger partial charge in [-0.1, -0.05) is 24.3 Å². The van der Waals surface area contributed by atoms with E-state index >= 15 is 0 Å². The Balaban J connectivity index is 1.93. The summed E-state index contributed by atoms with van der Waals surface area (Å²) in [6.45, 7) is 0. The number of halogens is 1. The molecule has 1 N–H and O–H groups in total. The van der Waals surface area contributed by atoms with Crippen LogP contribution in [0.2, 0.25) is 0 Å². The molecule has 3 rings (SSSR count). The number of benzene rings is 2. The Morgan fingerprint density at radius 3 is 2.89 bits per heavy atom. The van der Waals surface area contributed by atoms with Crippen LogP contribution in [0, 0.1) is 5.82 Å². The van der Waals surface area contributed by atoms with Crippen molar-refractivity contribution in [2.24, 2.45) is 0 Å². The van der Waals surface area contributed by atoms with Gasteiger partial charge in [0.05, 0.1) is 13.2 Å². The molecule has 1 heterocycles. The Kier molecular flexibility index (Phi) is 2.67. The molecule has 0 bridgehead atoms. The van der Waals surface area contributed by atoms with Crippen LogP contribution in [0.3, 0.4) is 0 Å². The predicted molar refractivity (Wildman–Crippen MR) is 69.5 cm³/mol. The second kappa shape index (κ2) is 4.33. The molecule has 1 aliphatic rings. The fourth-order valence-corrected chi connectivity index (χ4v) is 2.46. The molecule has 0 spiro atoms. The van der Waals surface area contributed by atoms with Crippen LogP contribution in [0.1, 0.15) is 17.2 Å². The van der Waals surface area contributed by atoms with Crippen LogP contribution < -0.4 is 10.1 Å². The maximum atomic E-state index is 13.2. The van der Waals surface area contributed by atoms with E-state index < -0.39 is 0 Å². The number of methoxy groups -OCH3 is 1. The van der Waals surface area contributed by atoms with Gasteiger partial charge >= 0.3 is 0 Å². The van der Waals surface area contributed by atoms with Crippen LogP contribution in [-0.4, -0.2) is 7.11 Å². The summed E-state index contributed by atoms with van der Waals surface area (Å²) in [7, 11) is 1.67. The van der Waals surface area contributed by atoms with E-state index in [9.17, 15) is 4.39 Å². The molecule has 0 aliphatic carbocycles. The summed E-state index contributed by atoms with van der Waals surface area (Å²) in [6.07, 6.45) is 0.857. The number of nitrogens with one attached hydrogen (secondary N) is 1. The third-order valence-corrected chi connectivity index (χ3v) is 3.34. The normalized spacial score (nSPS) is 17.1. The van der Waals surface area contributed by atoms with E-state index in [0.29, 0.717) is 0 Å². The Labute approximate surface area is 105 Å². The molecule has 2 nitrogen and oxygen atoms in total. The van der Waals surface area contributed by atoms with Crippen molar-refractivity contribution in [2.75, 3.05) is 12.4 Å². The zero-order valence-electron chi connectivity index (χ0n) is 10.1. The number of rotatable bonds is 2. The lowest BCUT2D eigenvalue weighted by Crippen LogP contribution is -2.07. The van der Waals surface area contributed by atoms with Gasteiger partial charge in [0.1, 0.15) is 11.6 Å². The monoisotopic (exact) mass is 243 g/mol. The highest BCUT2D eigenvalue weighted by molar-refractivity contribution is 5.59. The summed E-state index contributed by atoms with van der Waals surface area (Å²) in [6, 6.07) is 13.0. The molecule has 0 fully saturated rings. The molecule has 3 heteroatoms. The van der Waals surface area contributed by atoms with E-state index in [1.807, 2.05) is 30.3 Å². The third-order valence-electron chi connectivity index (χ3n) is 3.34. The third kappa shape index (κ3) is 1.82. The molecule has 92 valence electrons. The van der Waals surface area contributed by atoms with Gasteiger partial charge in [-0.3, -0.25) is 0 Å². The second-order valence-corrected chi connectivity index (χ2v) is 4.44. The molecular weight excluding hydrogens is 229 g/mol.